The SMILES string of the molecule is C=CC[C@H](C(N)=O)[C@@H](CC1CCCC1)C(=O)NC1CN(c2ccccc2)c2ccccc2N(Cc2cccc(-c3ccc(OC)cc3)c2)C1=O. The Bertz CT molecular complexity index is 1800. The zero-order chi connectivity index (χ0) is 35.0. The molecular formula is C42H46N4O4. The molecule has 8 nitrogen and oxygen atoms in total. The van der Waals surface area contributed by atoms with Gasteiger partial charge in [-0.25, -0.2) is 0 Å². The van der Waals surface area contributed by atoms with E-state index in [-0.39, 0.29) is 18.4 Å². The molecule has 1 aliphatic carbocycles. The molecule has 0 spiro atoms. The smallest absolute Gasteiger partial charge is 0.251 e. The highest BCUT2D eigenvalue weighted by Crippen LogP contribution is 2.39. The summed E-state index contributed by atoms with van der Waals surface area (Å²) in [5.41, 5.74) is 11.4. The van der Waals surface area contributed by atoms with E-state index >= 15 is 0 Å². The van der Waals surface area contributed by atoms with Crippen LogP contribution < -0.4 is 25.6 Å². The Morgan fingerprint density at radius 2 is 1.60 bits per heavy atom. The topological polar surface area (TPSA) is 105 Å². The quantitative estimate of drug-likeness (QED) is 0.144. The van der Waals surface area contributed by atoms with Crippen molar-refractivity contribution in [2.45, 2.75) is 51.1 Å². The highest BCUT2D eigenvalue weighted by atomic mass is 16.5. The van der Waals surface area contributed by atoms with E-state index in [2.05, 4.69) is 22.9 Å². The second-order valence-corrected chi connectivity index (χ2v) is 13.4. The molecule has 1 saturated carbocycles. The molecule has 6 rings (SSSR count). The van der Waals surface area contributed by atoms with Crippen molar-refractivity contribution in [1.82, 2.24) is 5.32 Å². The van der Waals surface area contributed by atoms with Crippen LogP contribution in [0, 0.1) is 17.8 Å². The second-order valence-electron chi connectivity index (χ2n) is 13.4. The third-order valence-electron chi connectivity index (χ3n) is 10.1. The van der Waals surface area contributed by atoms with Crippen LogP contribution >= 0.6 is 0 Å². The first-order chi connectivity index (χ1) is 24.4. The van der Waals surface area contributed by atoms with E-state index in [1.54, 1.807) is 18.1 Å². The van der Waals surface area contributed by atoms with Gasteiger partial charge in [-0.05, 0) is 77.9 Å². The van der Waals surface area contributed by atoms with Crippen LogP contribution in [0.4, 0.5) is 17.1 Å². The van der Waals surface area contributed by atoms with Crippen molar-refractivity contribution in [3.05, 3.63) is 121 Å². The summed E-state index contributed by atoms with van der Waals surface area (Å²) in [5, 5.41) is 3.15. The van der Waals surface area contributed by atoms with Crippen molar-refractivity contribution in [3.8, 4) is 16.9 Å². The maximum atomic E-state index is 14.8. The predicted octanol–water partition coefficient (Wildman–Crippen LogP) is 7.41. The van der Waals surface area contributed by atoms with Crippen LogP contribution in [0.3, 0.4) is 0 Å². The Balaban J connectivity index is 1.37. The van der Waals surface area contributed by atoms with Gasteiger partial charge in [0.25, 0.3) is 5.91 Å². The molecule has 8 heteroatoms. The molecule has 0 bridgehead atoms. The van der Waals surface area contributed by atoms with Crippen molar-refractivity contribution in [2.24, 2.45) is 23.5 Å². The van der Waals surface area contributed by atoms with Crippen LogP contribution in [0.1, 0.15) is 44.1 Å². The summed E-state index contributed by atoms with van der Waals surface area (Å²) < 4.78 is 5.34. The number of primary amides is 1. The fraction of sp³-hybridized carbons (Fsp3) is 0.310. The van der Waals surface area contributed by atoms with Gasteiger partial charge in [-0.3, -0.25) is 14.4 Å². The Labute approximate surface area is 294 Å². The number of para-hydroxylation sites is 3. The first-order valence-electron chi connectivity index (χ1n) is 17.5. The molecule has 1 aliphatic heterocycles. The summed E-state index contributed by atoms with van der Waals surface area (Å²) in [6.07, 6.45) is 6.77. The molecule has 1 unspecified atom stereocenters. The van der Waals surface area contributed by atoms with Crippen molar-refractivity contribution in [3.63, 3.8) is 0 Å². The number of amides is 3. The van der Waals surface area contributed by atoms with Crippen LogP contribution in [0.25, 0.3) is 11.1 Å². The minimum Gasteiger partial charge on any atom is -0.497 e. The van der Waals surface area contributed by atoms with E-state index in [1.807, 2.05) is 97.1 Å². The molecule has 0 saturated heterocycles. The molecule has 4 aromatic rings. The number of fused-ring (bicyclic) bond motifs is 1. The number of hydrogen-bond acceptors (Lipinski definition) is 5. The lowest BCUT2D eigenvalue weighted by Crippen LogP contribution is -2.54. The molecule has 1 fully saturated rings. The second kappa shape index (κ2) is 15.9. The largest absolute Gasteiger partial charge is 0.497 e. The Kier molecular flexibility index (Phi) is 11.0. The van der Waals surface area contributed by atoms with E-state index in [0.29, 0.717) is 25.3 Å². The van der Waals surface area contributed by atoms with Crippen molar-refractivity contribution < 1.29 is 19.1 Å². The maximum Gasteiger partial charge on any atom is 0.251 e. The molecular weight excluding hydrogens is 624 g/mol. The molecule has 4 aromatic carbocycles. The van der Waals surface area contributed by atoms with Crippen molar-refractivity contribution in [2.75, 3.05) is 23.5 Å². The average molecular weight is 671 g/mol. The number of allylic oxidation sites excluding steroid dienone is 1. The number of carbonyl (C=O) groups is 3. The van der Waals surface area contributed by atoms with Crippen LogP contribution in [-0.2, 0) is 20.9 Å². The summed E-state index contributed by atoms with van der Waals surface area (Å²) in [6.45, 7) is 4.34. The van der Waals surface area contributed by atoms with E-state index in [4.69, 9.17) is 10.5 Å². The van der Waals surface area contributed by atoms with Crippen LogP contribution in [-0.4, -0.2) is 37.4 Å². The minimum absolute atomic E-state index is 0.215. The standard InChI is InChI=1S/C42H46N4O4/c1-3-12-35(40(43)47)36(26-29-13-7-8-14-29)41(48)44-37-28-45(33-17-5-4-6-18-33)38-19-9-10-20-39(38)46(42(37)49)27-30-15-11-16-32(25-30)31-21-23-34(50-2)24-22-31/h3-6,9-11,15-25,29,35-37H,1,7-8,12-14,26-28H2,2H3,(H2,43,47)(H,44,48)/t35-,36+,37?/m0/s1. The zero-order valence-corrected chi connectivity index (χ0v) is 28.7. The van der Waals surface area contributed by atoms with Crippen molar-refractivity contribution >= 4 is 34.8 Å². The summed E-state index contributed by atoms with van der Waals surface area (Å²) in [7, 11) is 1.65. The number of nitrogens with zero attached hydrogens (tertiary/aromatic N) is 2. The number of nitrogens with one attached hydrogen (secondary N) is 1. The fourth-order valence-electron chi connectivity index (χ4n) is 7.52. The molecule has 50 heavy (non-hydrogen) atoms. The lowest BCUT2D eigenvalue weighted by atomic mass is 9.80. The third-order valence-corrected chi connectivity index (χ3v) is 10.1. The highest BCUT2D eigenvalue weighted by molar-refractivity contribution is 6.04. The van der Waals surface area contributed by atoms with Crippen LogP contribution in [0.15, 0.2) is 116 Å². The van der Waals surface area contributed by atoms with Gasteiger partial charge in [-0.2, -0.15) is 0 Å². The van der Waals surface area contributed by atoms with Gasteiger partial charge < -0.3 is 25.6 Å². The number of rotatable bonds is 13. The van der Waals surface area contributed by atoms with Gasteiger partial charge in [-0.1, -0.05) is 92.4 Å². The van der Waals surface area contributed by atoms with E-state index in [1.165, 1.54) is 0 Å². The van der Waals surface area contributed by atoms with E-state index < -0.39 is 23.8 Å². The first kappa shape index (κ1) is 34.5. The van der Waals surface area contributed by atoms with Gasteiger partial charge in [-0.15, -0.1) is 6.58 Å². The molecule has 1 heterocycles. The molecule has 2 aliphatic rings. The van der Waals surface area contributed by atoms with Gasteiger partial charge >= 0.3 is 0 Å². The molecule has 0 aromatic heterocycles. The lowest BCUT2D eigenvalue weighted by molar-refractivity contribution is -0.135. The number of ether oxygens (including phenoxy) is 1. The van der Waals surface area contributed by atoms with Crippen LogP contribution in [0.2, 0.25) is 0 Å². The molecule has 3 amide bonds. The van der Waals surface area contributed by atoms with E-state index in [9.17, 15) is 14.4 Å². The zero-order valence-electron chi connectivity index (χ0n) is 28.7. The Morgan fingerprint density at radius 3 is 2.28 bits per heavy atom. The summed E-state index contributed by atoms with van der Waals surface area (Å²) in [6, 6.07) is 32.9. The minimum atomic E-state index is -0.900. The maximum absolute atomic E-state index is 14.8. The van der Waals surface area contributed by atoms with E-state index in [0.717, 1.165) is 65.2 Å². The lowest BCUT2D eigenvalue weighted by Gasteiger charge is -2.30. The Morgan fingerprint density at radius 1 is 0.900 bits per heavy atom. The number of benzene rings is 4. The first-order valence-corrected chi connectivity index (χ1v) is 17.5. The monoisotopic (exact) mass is 670 g/mol. The fourth-order valence-corrected chi connectivity index (χ4v) is 7.52. The number of nitrogens with two attached hydrogens (primary N) is 1. The van der Waals surface area contributed by atoms with Gasteiger partial charge in [0.1, 0.15) is 11.8 Å². The summed E-state index contributed by atoms with van der Waals surface area (Å²) in [5.74, 6) is -1.31. The van der Waals surface area contributed by atoms with Crippen LogP contribution in [0.5, 0.6) is 5.75 Å². The highest BCUT2D eigenvalue weighted by Gasteiger charge is 2.39. The number of carbonyl (C=O) groups excluding carboxylic acids is 3. The van der Waals surface area contributed by atoms with Crippen molar-refractivity contribution in [1.29, 1.82) is 0 Å². The molecule has 3 N–H and O–H groups in total. The summed E-state index contributed by atoms with van der Waals surface area (Å²) >= 11 is 0. The number of hydrogen-bond donors (Lipinski definition) is 2. The number of methoxy groups -OCH3 is 1. The molecule has 3 atom stereocenters. The average Bonchev–Trinajstić information content (AvgIpc) is 3.64. The third kappa shape index (κ3) is 7.75. The normalized spacial score (nSPS) is 17.4. The molecule has 258 valence electrons. The predicted molar refractivity (Wildman–Crippen MR) is 199 cm³/mol. The summed E-state index contributed by atoms with van der Waals surface area (Å²) in [4.78, 5) is 45.8. The Hall–Kier alpha value is -5.37. The van der Waals surface area contributed by atoms with Gasteiger partial charge in [0.15, 0.2) is 0 Å². The van der Waals surface area contributed by atoms with Gasteiger partial charge in [0.05, 0.1) is 43.4 Å². The number of anilines is 3. The van der Waals surface area contributed by atoms with Gasteiger partial charge in [0, 0.05) is 5.69 Å². The molecule has 0 radical (unpaired) electrons. The van der Waals surface area contributed by atoms with Gasteiger partial charge in [0.2, 0.25) is 11.8 Å².